The van der Waals surface area contributed by atoms with E-state index in [0.717, 1.165) is 24.2 Å². The minimum absolute atomic E-state index is 0.0595. The maximum absolute atomic E-state index is 14.9. The van der Waals surface area contributed by atoms with Crippen LogP contribution in [0.5, 0.6) is 0 Å². The molecule has 0 fully saturated rings. The topological polar surface area (TPSA) is 97.8 Å². The second-order valence-electron chi connectivity index (χ2n) is 8.57. The zero-order chi connectivity index (χ0) is 23.8. The standard InChI is InChI=1S/C25H27FN8/c1-4-20-22-23(18(13-33(20)3)16-8-6-5-7-9-16)31-25(32-24(22)27)30-17-10-11-21(19(26)12-17)34-15(2)28-14-29-34/h5-12,14,18,20H,4,13H2,1-3H3,(H3,27,30,31,32). The Morgan fingerprint density at radius 2 is 1.94 bits per heavy atom. The van der Waals surface area contributed by atoms with E-state index in [1.807, 2.05) is 18.2 Å². The maximum Gasteiger partial charge on any atom is 0.229 e. The molecule has 2 aromatic carbocycles. The number of anilines is 3. The molecule has 1 aliphatic rings. The largest absolute Gasteiger partial charge is 0.383 e. The summed E-state index contributed by atoms with van der Waals surface area (Å²) in [6.07, 6.45) is 2.30. The number of hydrogen-bond acceptors (Lipinski definition) is 7. The van der Waals surface area contributed by atoms with Gasteiger partial charge in [0.15, 0.2) is 5.82 Å². The molecule has 34 heavy (non-hydrogen) atoms. The van der Waals surface area contributed by atoms with Crippen LogP contribution in [0.2, 0.25) is 0 Å². The molecule has 0 amide bonds. The first-order valence-electron chi connectivity index (χ1n) is 11.3. The predicted molar refractivity (Wildman–Crippen MR) is 130 cm³/mol. The van der Waals surface area contributed by atoms with Crippen molar-refractivity contribution in [1.29, 1.82) is 0 Å². The van der Waals surface area contributed by atoms with Crippen LogP contribution in [0.15, 0.2) is 54.9 Å². The smallest absolute Gasteiger partial charge is 0.229 e. The van der Waals surface area contributed by atoms with Crippen molar-refractivity contribution < 1.29 is 4.39 Å². The SMILES string of the molecule is CCC1c2c(N)nc(Nc3ccc(-n4ncnc4C)c(F)c3)nc2C(c2ccccc2)CN1C. The molecule has 5 rings (SSSR count). The van der Waals surface area contributed by atoms with Crippen molar-refractivity contribution in [2.75, 3.05) is 24.6 Å². The number of aryl methyl sites for hydroxylation is 1. The molecular weight excluding hydrogens is 431 g/mol. The summed E-state index contributed by atoms with van der Waals surface area (Å²) >= 11 is 0. The van der Waals surface area contributed by atoms with Gasteiger partial charge in [0.05, 0.1) is 5.69 Å². The number of nitrogen functional groups attached to an aromatic ring is 1. The molecule has 0 spiro atoms. The van der Waals surface area contributed by atoms with Gasteiger partial charge in [-0.2, -0.15) is 10.1 Å². The fraction of sp³-hybridized carbons (Fsp3) is 0.280. The third-order valence-corrected chi connectivity index (χ3v) is 6.41. The summed E-state index contributed by atoms with van der Waals surface area (Å²) < 4.78 is 16.3. The van der Waals surface area contributed by atoms with Gasteiger partial charge in [0.25, 0.3) is 0 Å². The molecule has 0 bridgehead atoms. The molecule has 8 nitrogen and oxygen atoms in total. The highest BCUT2D eigenvalue weighted by atomic mass is 19.1. The Bertz CT molecular complexity index is 1320. The average molecular weight is 459 g/mol. The number of fused-ring (bicyclic) bond motifs is 1. The lowest BCUT2D eigenvalue weighted by atomic mass is 9.84. The molecule has 0 radical (unpaired) electrons. The normalized spacial score (nSPS) is 18.0. The van der Waals surface area contributed by atoms with E-state index in [1.165, 1.54) is 22.6 Å². The van der Waals surface area contributed by atoms with Crippen molar-refractivity contribution in [1.82, 2.24) is 29.6 Å². The fourth-order valence-corrected chi connectivity index (χ4v) is 4.78. The van der Waals surface area contributed by atoms with Gasteiger partial charge in [-0.05, 0) is 44.2 Å². The van der Waals surface area contributed by atoms with Gasteiger partial charge in [0.1, 0.15) is 23.7 Å². The summed E-state index contributed by atoms with van der Waals surface area (Å²) in [6.45, 7) is 4.74. The summed E-state index contributed by atoms with van der Waals surface area (Å²) in [5.41, 5.74) is 10.4. The monoisotopic (exact) mass is 458 g/mol. The Morgan fingerprint density at radius 1 is 1.15 bits per heavy atom. The number of halogens is 1. The summed E-state index contributed by atoms with van der Waals surface area (Å²) in [6, 6.07) is 15.2. The molecular formula is C25H27FN8. The van der Waals surface area contributed by atoms with E-state index in [2.05, 4.69) is 51.4 Å². The highest BCUT2D eigenvalue weighted by Crippen LogP contribution is 2.41. The summed E-state index contributed by atoms with van der Waals surface area (Å²) in [4.78, 5) is 15.8. The third kappa shape index (κ3) is 3.88. The van der Waals surface area contributed by atoms with Gasteiger partial charge in [-0.25, -0.2) is 19.0 Å². The molecule has 3 N–H and O–H groups in total. The van der Waals surface area contributed by atoms with Gasteiger partial charge in [-0.1, -0.05) is 37.3 Å². The van der Waals surface area contributed by atoms with Gasteiger partial charge in [0.2, 0.25) is 5.95 Å². The van der Waals surface area contributed by atoms with Crippen LogP contribution in [0.25, 0.3) is 5.69 Å². The zero-order valence-electron chi connectivity index (χ0n) is 19.4. The number of nitrogens with zero attached hydrogens (tertiary/aromatic N) is 6. The molecule has 0 aliphatic carbocycles. The molecule has 2 atom stereocenters. The van der Waals surface area contributed by atoms with Gasteiger partial charge in [0, 0.05) is 29.8 Å². The minimum Gasteiger partial charge on any atom is -0.383 e. The number of benzene rings is 2. The van der Waals surface area contributed by atoms with Crippen molar-refractivity contribution in [3.8, 4) is 5.69 Å². The van der Waals surface area contributed by atoms with Gasteiger partial charge >= 0.3 is 0 Å². The van der Waals surface area contributed by atoms with E-state index in [4.69, 9.17) is 10.7 Å². The molecule has 3 heterocycles. The van der Waals surface area contributed by atoms with Crippen LogP contribution >= 0.6 is 0 Å². The number of nitrogens with one attached hydrogen (secondary N) is 1. The van der Waals surface area contributed by atoms with Crippen LogP contribution in [0, 0.1) is 12.7 Å². The Kier molecular flexibility index (Phi) is 5.70. The highest BCUT2D eigenvalue weighted by molar-refractivity contribution is 5.60. The van der Waals surface area contributed by atoms with Crippen molar-refractivity contribution in [3.63, 3.8) is 0 Å². The van der Waals surface area contributed by atoms with Crippen LogP contribution < -0.4 is 11.1 Å². The van der Waals surface area contributed by atoms with Crippen LogP contribution in [0.4, 0.5) is 21.8 Å². The minimum atomic E-state index is -0.431. The van der Waals surface area contributed by atoms with Gasteiger partial charge < -0.3 is 11.1 Å². The predicted octanol–water partition coefficient (Wildman–Crippen LogP) is 4.36. The van der Waals surface area contributed by atoms with Crippen LogP contribution in [-0.4, -0.2) is 43.2 Å². The first-order valence-corrected chi connectivity index (χ1v) is 11.3. The summed E-state index contributed by atoms with van der Waals surface area (Å²) in [5, 5.41) is 7.22. The number of aromatic nitrogens is 5. The Balaban J connectivity index is 1.52. The first kappa shape index (κ1) is 22.0. The Hall–Kier alpha value is -3.85. The van der Waals surface area contributed by atoms with E-state index in [9.17, 15) is 4.39 Å². The molecule has 4 aromatic rings. The van der Waals surface area contributed by atoms with E-state index < -0.39 is 5.82 Å². The lowest BCUT2D eigenvalue weighted by Gasteiger charge is -2.38. The average Bonchev–Trinajstić information content (AvgIpc) is 3.25. The lowest BCUT2D eigenvalue weighted by molar-refractivity contribution is 0.211. The maximum atomic E-state index is 14.9. The quantitative estimate of drug-likeness (QED) is 0.459. The fourth-order valence-electron chi connectivity index (χ4n) is 4.78. The lowest BCUT2D eigenvalue weighted by Crippen LogP contribution is -2.37. The molecule has 1 aliphatic heterocycles. The van der Waals surface area contributed by atoms with E-state index in [1.54, 1.807) is 19.1 Å². The number of rotatable bonds is 5. The Morgan fingerprint density at radius 3 is 2.62 bits per heavy atom. The third-order valence-electron chi connectivity index (χ3n) is 6.41. The molecule has 0 saturated heterocycles. The number of nitrogens with two attached hydrogens (primary N) is 1. The van der Waals surface area contributed by atoms with Crippen molar-refractivity contribution in [3.05, 3.63) is 83.3 Å². The van der Waals surface area contributed by atoms with Crippen molar-refractivity contribution >= 4 is 17.5 Å². The molecule has 2 unspecified atom stereocenters. The van der Waals surface area contributed by atoms with Crippen LogP contribution in [0.3, 0.4) is 0 Å². The van der Waals surface area contributed by atoms with E-state index in [0.29, 0.717) is 29.0 Å². The zero-order valence-corrected chi connectivity index (χ0v) is 19.4. The van der Waals surface area contributed by atoms with Crippen molar-refractivity contribution in [2.24, 2.45) is 0 Å². The van der Waals surface area contributed by atoms with Crippen LogP contribution in [0.1, 0.15) is 47.9 Å². The molecule has 2 aromatic heterocycles. The second-order valence-corrected chi connectivity index (χ2v) is 8.57. The van der Waals surface area contributed by atoms with Gasteiger partial charge in [-0.15, -0.1) is 0 Å². The molecule has 174 valence electrons. The van der Waals surface area contributed by atoms with Crippen molar-refractivity contribution in [2.45, 2.75) is 32.2 Å². The number of likely N-dealkylation sites (N-methyl/N-ethyl adjacent to an activating group) is 1. The van der Waals surface area contributed by atoms with E-state index in [-0.39, 0.29) is 12.0 Å². The highest BCUT2D eigenvalue weighted by Gasteiger charge is 2.35. The first-order chi connectivity index (χ1) is 16.5. The molecule has 0 saturated carbocycles. The summed E-state index contributed by atoms with van der Waals surface area (Å²) in [7, 11) is 2.11. The van der Waals surface area contributed by atoms with Gasteiger partial charge in [-0.3, -0.25) is 4.90 Å². The molecule has 9 heteroatoms. The van der Waals surface area contributed by atoms with Crippen LogP contribution in [-0.2, 0) is 0 Å². The summed E-state index contributed by atoms with van der Waals surface area (Å²) in [5.74, 6) is 1.03. The number of hydrogen-bond donors (Lipinski definition) is 2. The van der Waals surface area contributed by atoms with E-state index >= 15 is 0 Å². The second kappa shape index (κ2) is 8.83. The Labute approximate surface area is 197 Å².